The minimum absolute atomic E-state index is 0.0972. The molecule has 1 aromatic carbocycles. The Kier molecular flexibility index (Phi) is 4.95. The second-order valence-electron chi connectivity index (χ2n) is 6.43. The number of rotatable bonds is 4. The molecule has 0 amide bonds. The predicted molar refractivity (Wildman–Crippen MR) is 119 cm³/mol. The number of hydrogen-bond donors (Lipinski definition) is 4. The van der Waals surface area contributed by atoms with E-state index in [1.54, 1.807) is 35.7 Å². The van der Waals surface area contributed by atoms with Crippen molar-refractivity contribution in [3.05, 3.63) is 51.6 Å². The van der Waals surface area contributed by atoms with E-state index in [0.29, 0.717) is 28.7 Å². The molecule has 152 valence electrons. The Morgan fingerprint density at radius 3 is 2.69 bits per heavy atom. The third-order valence-corrected chi connectivity index (χ3v) is 6.97. The van der Waals surface area contributed by atoms with E-state index in [-0.39, 0.29) is 22.0 Å². The summed E-state index contributed by atoms with van der Waals surface area (Å²) in [5.41, 5.74) is 0.993. The molecule has 0 bridgehead atoms. The zero-order valence-electron chi connectivity index (χ0n) is 15.8. The van der Waals surface area contributed by atoms with Gasteiger partial charge in [0.15, 0.2) is 11.6 Å². The van der Waals surface area contributed by atoms with Crippen molar-refractivity contribution in [2.75, 3.05) is 5.32 Å². The summed E-state index contributed by atoms with van der Waals surface area (Å²) in [6.45, 7) is 3.91. The topological polar surface area (TPSA) is 119 Å². The molecule has 8 nitrogen and oxygen atoms in total. The molecule has 10 heteroatoms. The molecule has 1 aliphatic heterocycles. The van der Waals surface area contributed by atoms with E-state index in [4.69, 9.17) is 0 Å². The molecule has 0 spiro atoms. The number of anilines is 1. The fourth-order valence-electron chi connectivity index (χ4n) is 3.17. The van der Waals surface area contributed by atoms with Gasteiger partial charge in [-0.2, -0.15) is 9.78 Å². The lowest BCUT2D eigenvalue weighted by Gasteiger charge is -2.34. The van der Waals surface area contributed by atoms with Gasteiger partial charge in [-0.15, -0.1) is 15.7 Å². The number of benzene rings is 1. The number of hydrogen-bond acceptors (Lipinski definition) is 8. The molecular weight excluding hydrogens is 412 g/mol. The molecule has 0 unspecified atom stereocenters. The molecule has 29 heavy (non-hydrogen) atoms. The maximum atomic E-state index is 13.3. The van der Waals surface area contributed by atoms with Gasteiger partial charge >= 0.3 is 0 Å². The van der Waals surface area contributed by atoms with Crippen molar-refractivity contribution in [2.45, 2.75) is 31.6 Å². The van der Waals surface area contributed by atoms with Crippen LogP contribution in [-0.2, 0) is 0 Å². The Hall–Kier alpha value is -2.66. The van der Waals surface area contributed by atoms with Gasteiger partial charge in [-0.3, -0.25) is 13.9 Å². The Bertz CT molecular complexity index is 1220. The van der Waals surface area contributed by atoms with Crippen LogP contribution in [0.1, 0.15) is 32.3 Å². The monoisotopic (exact) mass is 432 g/mol. The number of aromatic hydroxyl groups is 1. The highest BCUT2D eigenvalue weighted by atomic mass is 32.3. The van der Waals surface area contributed by atoms with Crippen molar-refractivity contribution in [3.8, 4) is 5.75 Å². The van der Waals surface area contributed by atoms with E-state index >= 15 is 0 Å². The van der Waals surface area contributed by atoms with E-state index in [1.807, 2.05) is 13.8 Å². The van der Waals surface area contributed by atoms with Crippen LogP contribution >= 0.6 is 22.1 Å². The molecule has 1 aliphatic rings. The highest BCUT2D eigenvalue weighted by Crippen LogP contribution is 2.55. The van der Waals surface area contributed by atoms with Gasteiger partial charge in [0.1, 0.15) is 10.5 Å². The minimum atomic E-state index is -3.52. The quantitative estimate of drug-likeness (QED) is 0.446. The third kappa shape index (κ3) is 3.23. The number of nitrogens with zero attached hydrogens (tertiary/aromatic N) is 3. The first kappa shape index (κ1) is 19.6. The van der Waals surface area contributed by atoms with Crippen molar-refractivity contribution < 1.29 is 14.2 Å². The second kappa shape index (κ2) is 7.30. The van der Waals surface area contributed by atoms with Crippen molar-refractivity contribution in [1.82, 2.24) is 4.68 Å². The number of amidine groups is 1. The maximum Gasteiger partial charge on any atom is 0.286 e. The van der Waals surface area contributed by atoms with E-state index in [2.05, 4.69) is 14.8 Å². The van der Waals surface area contributed by atoms with Gasteiger partial charge < -0.3 is 10.4 Å². The number of fused-ring (bicyclic) bond motifs is 2. The van der Waals surface area contributed by atoms with Crippen LogP contribution in [0.2, 0.25) is 0 Å². The molecular formula is C19H20N4O4S2. The molecule has 0 radical (unpaired) electrons. The summed E-state index contributed by atoms with van der Waals surface area (Å²) in [5.74, 6) is -0.359. The van der Waals surface area contributed by atoms with Crippen molar-refractivity contribution >= 4 is 49.6 Å². The van der Waals surface area contributed by atoms with E-state index < -0.39 is 16.3 Å². The molecule has 3 heterocycles. The smallest absolute Gasteiger partial charge is 0.286 e. The number of aromatic nitrogens is 1. The standard InChI is InChI=1S/C19H20N4O4S2/c1-3-11(4-2)21-23-13-9-10-28-17(13)16(24)15(19(23)25)18-20-12-7-5-6-8-14(12)29(26,27)22-18/h5-10,24,26-27H,3-4H2,1-2H3,(H,20,22). The third-order valence-electron chi connectivity index (χ3n) is 4.68. The SMILES string of the molecule is CCC(CC)=Nn1c(=O)c(C2=NS(O)(O)c3ccccc3N2)c(O)c2sccc21. The fourth-order valence-corrected chi connectivity index (χ4v) is 5.15. The summed E-state index contributed by atoms with van der Waals surface area (Å²) in [6.07, 6.45) is 1.36. The average molecular weight is 433 g/mol. The lowest BCUT2D eigenvalue weighted by atomic mass is 10.2. The lowest BCUT2D eigenvalue weighted by molar-refractivity contribution is 0.478. The number of para-hydroxylation sites is 1. The van der Waals surface area contributed by atoms with Gasteiger partial charge in [-0.1, -0.05) is 36.8 Å². The fraction of sp³-hybridized carbons (Fsp3) is 0.211. The van der Waals surface area contributed by atoms with E-state index in [9.17, 15) is 19.0 Å². The van der Waals surface area contributed by atoms with Crippen LogP contribution in [-0.4, -0.2) is 30.4 Å². The largest absolute Gasteiger partial charge is 0.505 e. The van der Waals surface area contributed by atoms with Crippen LogP contribution in [0.3, 0.4) is 0 Å². The normalized spacial score (nSPS) is 15.9. The van der Waals surface area contributed by atoms with Gasteiger partial charge in [-0.25, -0.2) is 0 Å². The summed E-state index contributed by atoms with van der Waals surface area (Å²) < 4.78 is 26.7. The lowest BCUT2D eigenvalue weighted by Crippen LogP contribution is -2.31. The first-order chi connectivity index (χ1) is 13.9. The molecule has 0 saturated carbocycles. The second-order valence-corrected chi connectivity index (χ2v) is 9.00. The van der Waals surface area contributed by atoms with Gasteiger partial charge in [0.25, 0.3) is 5.56 Å². The molecule has 0 saturated heterocycles. The maximum absolute atomic E-state index is 13.3. The van der Waals surface area contributed by atoms with E-state index in [1.165, 1.54) is 16.0 Å². The summed E-state index contributed by atoms with van der Waals surface area (Å²) in [5, 5.41) is 20.0. The van der Waals surface area contributed by atoms with Crippen LogP contribution in [0.25, 0.3) is 10.2 Å². The average Bonchev–Trinajstić information content (AvgIpc) is 3.18. The Morgan fingerprint density at radius 2 is 1.97 bits per heavy atom. The van der Waals surface area contributed by atoms with Crippen LogP contribution in [0.5, 0.6) is 5.75 Å². The van der Waals surface area contributed by atoms with E-state index in [0.717, 1.165) is 5.71 Å². The molecule has 3 aromatic rings. The number of nitrogens with one attached hydrogen (secondary N) is 1. The minimum Gasteiger partial charge on any atom is -0.505 e. The molecule has 0 fully saturated rings. The molecule has 4 rings (SSSR count). The highest BCUT2D eigenvalue weighted by Gasteiger charge is 2.30. The highest BCUT2D eigenvalue weighted by molar-refractivity contribution is 8.23. The van der Waals surface area contributed by atoms with Crippen molar-refractivity contribution in [3.63, 3.8) is 0 Å². The van der Waals surface area contributed by atoms with Gasteiger partial charge in [-0.05, 0) is 36.4 Å². The zero-order valence-corrected chi connectivity index (χ0v) is 17.4. The van der Waals surface area contributed by atoms with Gasteiger partial charge in [0.2, 0.25) is 0 Å². The van der Waals surface area contributed by atoms with Crippen molar-refractivity contribution in [1.29, 1.82) is 0 Å². The summed E-state index contributed by atoms with van der Waals surface area (Å²) in [6, 6.07) is 8.32. The van der Waals surface area contributed by atoms with Crippen LogP contribution < -0.4 is 10.9 Å². The summed E-state index contributed by atoms with van der Waals surface area (Å²) in [7, 11) is -3.52. The van der Waals surface area contributed by atoms with Crippen LogP contribution in [0.4, 0.5) is 5.69 Å². The Balaban J connectivity index is 2.00. The summed E-state index contributed by atoms with van der Waals surface area (Å²) >= 11 is 1.26. The van der Waals surface area contributed by atoms with Gasteiger partial charge in [0.05, 0.1) is 15.9 Å². The van der Waals surface area contributed by atoms with Crippen LogP contribution in [0.15, 0.2) is 54.9 Å². The first-order valence-corrected chi connectivity index (χ1v) is 11.4. The molecule has 0 atom stereocenters. The zero-order chi connectivity index (χ0) is 20.8. The van der Waals surface area contributed by atoms with Crippen molar-refractivity contribution in [2.24, 2.45) is 9.50 Å². The Morgan fingerprint density at radius 1 is 1.24 bits per heavy atom. The molecule has 2 aromatic heterocycles. The predicted octanol–water partition coefficient (Wildman–Crippen LogP) is 4.69. The Labute approximate surface area is 172 Å². The van der Waals surface area contributed by atoms with Gasteiger partial charge in [0, 0.05) is 5.71 Å². The molecule has 0 aliphatic carbocycles. The van der Waals surface area contributed by atoms with Crippen LogP contribution in [0, 0.1) is 0 Å². The number of thiophene rings is 1. The number of pyridine rings is 1. The first-order valence-electron chi connectivity index (χ1n) is 9.03. The molecule has 4 N–H and O–H groups in total. The summed E-state index contributed by atoms with van der Waals surface area (Å²) in [4.78, 5) is 13.6.